The first-order valence-corrected chi connectivity index (χ1v) is 5.83. The van der Waals surface area contributed by atoms with Crippen molar-refractivity contribution in [3.63, 3.8) is 0 Å². The summed E-state index contributed by atoms with van der Waals surface area (Å²) in [5.74, 6) is 0. The molecule has 0 atom stereocenters. The van der Waals surface area contributed by atoms with Crippen molar-refractivity contribution < 1.29 is 4.79 Å². The number of fused-ring (bicyclic) bond motifs is 1. The van der Waals surface area contributed by atoms with Gasteiger partial charge in [-0.2, -0.15) is 0 Å². The Morgan fingerprint density at radius 1 is 1.11 bits per heavy atom. The number of carbonyl (C=O) groups excluding carboxylic acids is 1. The average Bonchev–Trinajstić information content (AvgIpc) is 2.89. The van der Waals surface area contributed by atoms with E-state index in [1.165, 1.54) is 0 Å². The summed E-state index contributed by atoms with van der Waals surface area (Å²) >= 11 is 0. The summed E-state index contributed by atoms with van der Waals surface area (Å²) in [7, 11) is 0. The number of hydrogen-bond acceptors (Lipinski definition) is 2. The second-order valence-electron chi connectivity index (χ2n) is 4.12. The van der Waals surface area contributed by atoms with Crippen molar-refractivity contribution >= 4 is 11.8 Å². The largest absolute Gasteiger partial charge is 0.303 e. The molecule has 3 nitrogen and oxygen atoms in total. The maximum Gasteiger partial charge on any atom is 0.125 e. The van der Waals surface area contributed by atoms with E-state index in [2.05, 4.69) is 4.98 Å². The molecule has 0 bridgehead atoms. The molecule has 0 N–H and O–H groups in total. The zero-order valence-corrected chi connectivity index (χ0v) is 9.78. The minimum absolute atomic E-state index is 0.387. The second-order valence-corrected chi connectivity index (χ2v) is 4.12. The van der Waals surface area contributed by atoms with E-state index in [0.717, 1.165) is 28.6 Å². The lowest BCUT2D eigenvalue weighted by Gasteiger charge is -2.10. The Bertz CT molecular complexity index is 686. The Labute approximate surface area is 105 Å². The minimum Gasteiger partial charge on any atom is -0.303 e. The van der Waals surface area contributed by atoms with E-state index in [0.29, 0.717) is 6.42 Å². The van der Waals surface area contributed by atoms with Crippen LogP contribution in [0.1, 0.15) is 5.69 Å². The van der Waals surface area contributed by atoms with Crippen LogP contribution in [0.15, 0.2) is 55.0 Å². The maximum absolute atomic E-state index is 10.9. The number of hydrogen-bond donors (Lipinski definition) is 0. The Morgan fingerprint density at radius 2 is 1.94 bits per heavy atom. The molecule has 0 aliphatic rings. The Kier molecular flexibility index (Phi) is 2.65. The van der Waals surface area contributed by atoms with Crippen molar-refractivity contribution in [3.8, 4) is 11.1 Å². The predicted molar refractivity (Wildman–Crippen MR) is 70.4 cm³/mol. The molecule has 0 fully saturated rings. The fourth-order valence-electron chi connectivity index (χ4n) is 2.22. The van der Waals surface area contributed by atoms with Gasteiger partial charge in [-0.05, 0) is 11.6 Å². The van der Waals surface area contributed by atoms with Crippen LogP contribution in [0.4, 0.5) is 0 Å². The number of aldehydes is 1. The van der Waals surface area contributed by atoms with Gasteiger partial charge in [-0.15, -0.1) is 0 Å². The lowest BCUT2D eigenvalue weighted by Crippen LogP contribution is -2.00. The highest BCUT2D eigenvalue weighted by atomic mass is 16.1. The minimum atomic E-state index is 0.387. The average molecular weight is 236 g/mol. The Morgan fingerprint density at radius 3 is 2.72 bits per heavy atom. The standard InChI is InChI=1S/C15H12N2O/c18-9-8-15-14(12-4-2-1-3-5-12)7-6-13-10-16-11-17(13)15/h1-7,9-11H,8H2. The molecule has 0 unspecified atom stereocenters. The third-order valence-corrected chi connectivity index (χ3v) is 3.05. The topological polar surface area (TPSA) is 34.4 Å². The van der Waals surface area contributed by atoms with E-state index in [1.54, 1.807) is 12.5 Å². The molecule has 0 spiro atoms. The highest BCUT2D eigenvalue weighted by Gasteiger charge is 2.08. The molecule has 3 aromatic rings. The Balaban J connectivity index is 2.28. The molecule has 0 radical (unpaired) electrons. The van der Waals surface area contributed by atoms with Gasteiger partial charge in [-0.1, -0.05) is 36.4 Å². The quantitative estimate of drug-likeness (QED) is 0.655. The van der Waals surface area contributed by atoms with Gasteiger partial charge in [-0.25, -0.2) is 4.98 Å². The maximum atomic E-state index is 10.9. The van der Waals surface area contributed by atoms with Gasteiger partial charge in [0.1, 0.15) is 6.29 Å². The van der Waals surface area contributed by atoms with Crippen molar-refractivity contribution in [2.45, 2.75) is 6.42 Å². The first kappa shape index (κ1) is 10.7. The lowest BCUT2D eigenvalue weighted by molar-refractivity contribution is -0.107. The smallest absolute Gasteiger partial charge is 0.125 e. The van der Waals surface area contributed by atoms with Crippen LogP contribution < -0.4 is 0 Å². The van der Waals surface area contributed by atoms with Gasteiger partial charge in [0.2, 0.25) is 0 Å². The van der Waals surface area contributed by atoms with Crippen molar-refractivity contribution in [2.75, 3.05) is 0 Å². The fourth-order valence-corrected chi connectivity index (χ4v) is 2.22. The monoisotopic (exact) mass is 236 g/mol. The van der Waals surface area contributed by atoms with Crippen LogP contribution in [0, 0.1) is 0 Å². The van der Waals surface area contributed by atoms with Gasteiger partial charge in [0.05, 0.1) is 18.0 Å². The van der Waals surface area contributed by atoms with Crippen molar-refractivity contribution in [2.24, 2.45) is 0 Å². The number of nitrogens with zero attached hydrogens (tertiary/aromatic N) is 2. The Hall–Kier alpha value is -2.42. The van der Waals surface area contributed by atoms with Crippen LogP contribution in [-0.4, -0.2) is 15.7 Å². The van der Waals surface area contributed by atoms with Gasteiger partial charge in [0.15, 0.2) is 0 Å². The predicted octanol–water partition coefficient (Wildman–Crippen LogP) is 2.74. The van der Waals surface area contributed by atoms with E-state index < -0.39 is 0 Å². The number of carbonyl (C=O) groups is 1. The zero-order chi connectivity index (χ0) is 12.4. The molecule has 0 amide bonds. The molecule has 2 aromatic heterocycles. The van der Waals surface area contributed by atoms with E-state index in [-0.39, 0.29) is 0 Å². The van der Waals surface area contributed by atoms with E-state index in [9.17, 15) is 4.79 Å². The first-order chi connectivity index (χ1) is 8.90. The summed E-state index contributed by atoms with van der Waals surface area (Å²) < 4.78 is 1.97. The van der Waals surface area contributed by atoms with Crippen LogP contribution >= 0.6 is 0 Å². The highest BCUT2D eigenvalue weighted by molar-refractivity contribution is 5.72. The first-order valence-electron chi connectivity index (χ1n) is 5.83. The third-order valence-electron chi connectivity index (χ3n) is 3.05. The molecule has 1 aromatic carbocycles. The van der Waals surface area contributed by atoms with Crippen LogP contribution in [0.2, 0.25) is 0 Å². The molecule has 3 rings (SSSR count). The zero-order valence-electron chi connectivity index (χ0n) is 9.78. The summed E-state index contributed by atoms with van der Waals surface area (Å²) in [5, 5.41) is 0. The summed E-state index contributed by atoms with van der Waals surface area (Å²) in [4.78, 5) is 15.0. The molecular formula is C15H12N2O. The van der Waals surface area contributed by atoms with E-state index >= 15 is 0 Å². The SMILES string of the molecule is O=CCc1c(-c2ccccc2)ccc2cncn12. The van der Waals surface area contributed by atoms with E-state index in [4.69, 9.17) is 0 Å². The van der Waals surface area contributed by atoms with Crippen LogP contribution in [-0.2, 0) is 11.2 Å². The van der Waals surface area contributed by atoms with Gasteiger partial charge >= 0.3 is 0 Å². The molecule has 2 heterocycles. The van der Waals surface area contributed by atoms with Gasteiger partial charge < -0.3 is 9.20 Å². The summed E-state index contributed by atoms with van der Waals surface area (Å²) in [6, 6.07) is 14.1. The van der Waals surface area contributed by atoms with Crippen LogP contribution in [0.5, 0.6) is 0 Å². The van der Waals surface area contributed by atoms with Crippen LogP contribution in [0.3, 0.4) is 0 Å². The number of aromatic nitrogens is 2. The van der Waals surface area contributed by atoms with Gasteiger partial charge in [0.25, 0.3) is 0 Å². The van der Waals surface area contributed by atoms with Crippen molar-refractivity contribution in [3.05, 3.63) is 60.7 Å². The van der Waals surface area contributed by atoms with Gasteiger partial charge in [-0.3, -0.25) is 0 Å². The van der Waals surface area contributed by atoms with Crippen LogP contribution in [0.25, 0.3) is 16.6 Å². The fraction of sp³-hybridized carbons (Fsp3) is 0.0667. The number of imidazole rings is 1. The highest BCUT2D eigenvalue weighted by Crippen LogP contribution is 2.24. The van der Waals surface area contributed by atoms with E-state index in [1.807, 2.05) is 46.9 Å². The van der Waals surface area contributed by atoms with Crippen molar-refractivity contribution in [1.82, 2.24) is 9.38 Å². The summed E-state index contributed by atoms with van der Waals surface area (Å²) in [6.45, 7) is 0. The molecule has 0 saturated carbocycles. The molecule has 18 heavy (non-hydrogen) atoms. The lowest BCUT2D eigenvalue weighted by atomic mass is 10.0. The molecular weight excluding hydrogens is 224 g/mol. The molecule has 88 valence electrons. The number of benzene rings is 1. The third kappa shape index (κ3) is 1.70. The molecule has 0 aliphatic carbocycles. The summed E-state index contributed by atoms with van der Waals surface area (Å²) in [6.07, 6.45) is 4.86. The molecule has 0 saturated heterocycles. The second kappa shape index (κ2) is 4.45. The van der Waals surface area contributed by atoms with Crippen molar-refractivity contribution in [1.29, 1.82) is 0 Å². The number of rotatable bonds is 3. The summed E-state index contributed by atoms with van der Waals surface area (Å²) in [5.41, 5.74) is 4.18. The molecule has 3 heteroatoms. The number of pyridine rings is 1. The normalized spacial score (nSPS) is 10.7. The van der Waals surface area contributed by atoms with Gasteiger partial charge in [0, 0.05) is 17.7 Å². The molecule has 0 aliphatic heterocycles.